The fourth-order valence-corrected chi connectivity index (χ4v) is 1.80. The Kier molecular flexibility index (Phi) is 3.88. The largest absolute Gasteiger partial charge is 0.481 e. The molecule has 1 atom stereocenters. The number of carbonyl (C=O) groups is 1. The summed E-state index contributed by atoms with van der Waals surface area (Å²) in [7, 11) is 3.73. The molecule has 1 N–H and O–H groups in total. The summed E-state index contributed by atoms with van der Waals surface area (Å²) in [4.78, 5) is 17.3. The number of carboxylic acids is 1. The molecule has 0 spiro atoms. The zero-order chi connectivity index (χ0) is 12.3. The van der Waals surface area contributed by atoms with E-state index in [4.69, 9.17) is 0 Å². The molecular formula is C12H18N2O2. The van der Waals surface area contributed by atoms with Crippen LogP contribution in [0.2, 0.25) is 0 Å². The zero-order valence-electron chi connectivity index (χ0n) is 10.1. The molecule has 16 heavy (non-hydrogen) atoms. The van der Waals surface area contributed by atoms with Crippen LogP contribution in [0, 0.1) is 5.92 Å². The zero-order valence-corrected chi connectivity index (χ0v) is 10.1. The number of pyridine rings is 1. The van der Waals surface area contributed by atoms with E-state index in [9.17, 15) is 9.90 Å². The first-order valence-electron chi connectivity index (χ1n) is 5.30. The van der Waals surface area contributed by atoms with Gasteiger partial charge in [0.1, 0.15) is 5.82 Å². The van der Waals surface area contributed by atoms with Crippen molar-refractivity contribution in [1.82, 2.24) is 4.98 Å². The second-order valence-electron chi connectivity index (χ2n) is 4.37. The quantitative estimate of drug-likeness (QED) is 0.846. The number of carboxylic acid groups (broad SMARTS) is 1. The van der Waals surface area contributed by atoms with Crippen LogP contribution < -0.4 is 4.90 Å². The Labute approximate surface area is 95.9 Å². The first kappa shape index (κ1) is 12.5. The maximum atomic E-state index is 11.3. The number of hydrogen-bond acceptors (Lipinski definition) is 3. The molecule has 88 valence electrons. The molecule has 1 aromatic rings. The molecule has 0 bridgehead atoms. The van der Waals surface area contributed by atoms with Crippen LogP contribution in [0.25, 0.3) is 0 Å². The third kappa shape index (κ3) is 2.51. The van der Waals surface area contributed by atoms with Crippen molar-refractivity contribution in [2.45, 2.75) is 19.8 Å². The minimum atomic E-state index is -0.800. The lowest BCUT2D eigenvalue weighted by molar-refractivity contribution is -0.139. The molecule has 0 saturated heterocycles. The van der Waals surface area contributed by atoms with Crippen molar-refractivity contribution in [3.8, 4) is 0 Å². The SMILES string of the molecule is CC(C)C(C(=O)O)c1cccnc1N(C)C. The van der Waals surface area contributed by atoms with Crippen LogP contribution in [0.5, 0.6) is 0 Å². The standard InChI is InChI=1S/C12H18N2O2/c1-8(2)10(12(15)16)9-6-5-7-13-11(9)14(3)4/h5-8,10H,1-4H3,(H,15,16). The van der Waals surface area contributed by atoms with E-state index in [1.165, 1.54) is 0 Å². The van der Waals surface area contributed by atoms with E-state index < -0.39 is 11.9 Å². The fourth-order valence-electron chi connectivity index (χ4n) is 1.80. The van der Waals surface area contributed by atoms with Crippen LogP contribution in [0.3, 0.4) is 0 Å². The Morgan fingerprint density at radius 2 is 2.06 bits per heavy atom. The third-order valence-electron chi connectivity index (χ3n) is 2.51. The van der Waals surface area contributed by atoms with E-state index in [2.05, 4.69) is 4.98 Å². The van der Waals surface area contributed by atoms with Crippen molar-refractivity contribution in [3.63, 3.8) is 0 Å². The molecule has 0 saturated carbocycles. The number of nitrogens with zero attached hydrogens (tertiary/aromatic N) is 2. The molecule has 0 fully saturated rings. The van der Waals surface area contributed by atoms with Gasteiger partial charge in [-0.15, -0.1) is 0 Å². The molecular weight excluding hydrogens is 204 g/mol. The van der Waals surface area contributed by atoms with Gasteiger partial charge in [-0.1, -0.05) is 19.9 Å². The molecule has 4 nitrogen and oxygen atoms in total. The van der Waals surface area contributed by atoms with E-state index in [1.807, 2.05) is 38.9 Å². The van der Waals surface area contributed by atoms with Crippen LogP contribution in [-0.4, -0.2) is 30.2 Å². The fraction of sp³-hybridized carbons (Fsp3) is 0.500. The first-order valence-corrected chi connectivity index (χ1v) is 5.30. The number of hydrogen-bond donors (Lipinski definition) is 1. The van der Waals surface area contributed by atoms with Crippen molar-refractivity contribution in [3.05, 3.63) is 23.9 Å². The van der Waals surface area contributed by atoms with Gasteiger partial charge in [0.25, 0.3) is 0 Å². The predicted molar refractivity (Wildman–Crippen MR) is 63.8 cm³/mol. The molecule has 1 heterocycles. The van der Waals surface area contributed by atoms with Crippen LogP contribution in [0.15, 0.2) is 18.3 Å². The van der Waals surface area contributed by atoms with Gasteiger partial charge in [-0.25, -0.2) is 4.98 Å². The lowest BCUT2D eigenvalue weighted by atomic mass is 9.88. The van der Waals surface area contributed by atoms with Gasteiger partial charge in [0, 0.05) is 25.9 Å². The second kappa shape index (κ2) is 4.96. The summed E-state index contributed by atoms with van der Waals surface area (Å²) >= 11 is 0. The normalized spacial score (nSPS) is 12.6. The van der Waals surface area contributed by atoms with Crippen molar-refractivity contribution in [1.29, 1.82) is 0 Å². The molecule has 0 aliphatic heterocycles. The van der Waals surface area contributed by atoms with Gasteiger partial charge < -0.3 is 10.0 Å². The molecule has 1 unspecified atom stereocenters. The Morgan fingerprint density at radius 1 is 1.44 bits per heavy atom. The highest BCUT2D eigenvalue weighted by Gasteiger charge is 2.26. The summed E-state index contributed by atoms with van der Waals surface area (Å²) < 4.78 is 0. The molecule has 0 aromatic carbocycles. The molecule has 1 aromatic heterocycles. The average molecular weight is 222 g/mol. The second-order valence-corrected chi connectivity index (χ2v) is 4.37. The number of aromatic nitrogens is 1. The maximum Gasteiger partial charge on any atom is 0.311 e. The van der Waals surface area contributed by atoms with Crippen molar-refractivity contribution >= 4 is 11.8 Å². The van der Waals surface area contributed by atoms with Gasteiger partial charge in [0.15, 0.2) is 0 Å². The van der Waals surface area contributed by atoms with E-state index in [-0.39, 0.29) is 5.92 Å². The van der Waals surface area contributed by atoms with Crippen LogP contribution in [0.1, 0.15) is 25.3 Å². The van der Waals surface area contributed by atoms with Crippen LogP contribution in [0.4, 0.5) is 5.82 Å². The van der Waals surface area contributed by atoms with E-state index in [1.54, 1.807) is 12.3 Å². The summed E-state index contributed by atoms with van der Waals surface area (Å²) in [6.07, 6.45) is 1.68. The lowest BCUT2D eigenvalue weighted by Gasteiger charge is -2.22. The highest BCUT2D eigenvalue weighted by atomic mass is 16.4. The minimum Gasteiger partial charge on any atom is -0.481 e. The third-order valence-corrected chi connectivity index (χ3v) is 2.51. The Bertz CT molecular complexity index is 375. The Hall–Kier alpha value is -1.58. The van der Waals surface area contributed by atoms with Gasteiger partial charge in [0.2, 0.25) is 0 Å². The van der Waals surface area contributed by atoms with Gasteiger partial charge in [-0.3, -0.25) is 4.79 Å². The summed E-state index contributed by atoms with van der Waals surface area (Å²) in [5.41, 5.74) is 0.773. The van der Waals surface area contributed by atoms with E-state index >= 15 is 0 Å². The van der Waals surface area contributed by atoms with E-state index in [0.29, 0.717) is 0 Å². The minimum absolute atomic E-state index is 0.0420. The molecule has 0 aliphatic rings. The van der Waals surface area contributed by atoms with Crippen molar-refractivity contribution < 1.29 is 9.90 Å². The monoisotopic (exact) mass is 222 g/mol. The molecule has 0 aliphatic carbocycles. The van der Waals surface area contributed by atoms with Crippen molar-refractivity contribution in [2.24, 2.45) is 5.92 Å². The summed E-state index contributed by atoms with van der Waals surface area (Å²) in [6, 6.07) is 3.61. The molecule has 4 heteroatoms. The first-order chi connectivity index (χ1) is 7.45. The van der Waals surface area contributed by atoms with Crippen LogP contribution >= 0.6 is 0 Å². The summed E-state index contributed by atoms with van der Waals surface area (Å²) in [6.45, 7) is 3.82. The number of anilines is 1. The molecule has 0 radical (unpaired) electrons. The highest BCUT2D eigenvalue weighted by molar-refractivity contribution is 5.78. The van der Waals surface area contributed by atoms with Crippen LogP contribution in [-0.2, 0) is 4.79 Å². The molecule has 1 rings (SSSR count). The van der Waals surface area contributed by atoms with Gasteiger partial charge in [0.05, 0.1) is 5.92 Å². The number of rotatable bonds is 4. The number of aliphatic carboxylic acids is 1. The smallest absolute Gasteiger partial charge is 0.311 e. The topological polar surface area (TPSA) is 53.4 Å². The summed E-state index contributed by atoms with van der Waals surface area (Å²) in [5.74, 6) is -0.541. The van der Waals surface area contributed by atoms with Gasteiger partial charge in [-0.2, -0.15) is 0 Å². The predicted octanol–water partition coefficient (Wildman–Crippen LogP) is 1.97. The van der Waals surface area contributed by atoms with Gasteiger partial charge in [-0.05, 0) is 12.0 Å². The highest BCUT2D eigenvalue weighted by Crippen LogP contribution is 2.30. The average Bonchev–Trinajstić information content (AvgIpc) is 2.17. The Balaban J connectivity index is 3.24. The lowest BCUT2D eigenvalue weighted by Crippen LogP contribution is -2.22. The summed E-state index contributed by atoms with van der Waals surface area (Å²) in [5, 5.41) is 9.26. The Morgan fingerprint density at radius 3 is 2.50 bits per heavy atom. The maximum absolute atomic E-state index is 11.3. The van der Waals surface area contributed by atoms with E-state index in [0.717, 1.165) is 11.4 Å². The van der Waals surface area contributed by atoms with Crippen molar-refractivity contribution in [2.75, 3.05) is 19.0 Å². The molecule has 0 amide bonds. The van der Waals surface area contributed by atoms with Gasteiger partial charge >= 0.3 is 5.97 Å².